The Morgan fingerprint density at radius 3 is 2.35 bits per heavy atom. The first-order valence-electron chi connectivity index (χ1n) is 8.34. The van der Waals surface area contributed by atoms with Crippen molar-refractivity contribution in [3.63, 3.8) is 0 Å². The van der Waals surface area contributed by atoms with E-state index in [9.17, 15) is 5.11 Å². The lowest BCUT2D eigenvalue weighted by molar-refractivity contribution is -0.909. The molecule has 1 aliphatic rings. The second-order valence-electron chi connectivity index (χ2n) is 6.32. The number of aliphatic hydroxyl groups is 1. The van der Waals surface area contributed by atoms with Gasteiger partial charge in [-0.1, -0.05) is 31.1 Å². The van der Waals surface area contributed by atoms with Gasteiger partial charge in [-0.3, -0.25) is 0 Å². The zero-order valence-electron chi connectivity index (χ0n) is 14.5. The molecule has 0 bridgehead atoms. The fraction of sp³-hybridized carbons (Fsp3) is 0.474. The molecule has 4 nitrogen and oxygen atoms in total. The summed E-state index contributed by atoms with van der Waals surface area (Å²) in [5, 5.41) is 23.9. The number of aliphatic hydroxyl groups excluding tert-OH is 1. The number of benzene rings is 1. The Balaban J connectivity index is 2.49. The smallest absolute Gasteiger partial charge is 0.135 e. The van der Waals surface area contributed by atoms with Crippen LogP contribution in [0.4, 0.5) is 0 Å². The van der Waals surface area contributed by atoms with Crippen LogP contribution in [0, 0.1) is 11.3 Å². The van der Waals surface area contributed by atoms with Gasteiger partial charge in [0.1, 0.15) is 30.6 Å². The Morgan fingerprint density at radius 1 is 1.22 bits per heavy atom. The largest absolute Gasteiger partial charge is 0.387 e. The first-order chi connectivity index (χ1) is 11.0. The summed E-state index contributed by atoms with van der Waals surface area (Å²) >= 11 is 0. The van der Waals surface area contributed by atoms with E-state index in [1.807, 2.05) is 31.2 Å². The maximum Gasteiger partial charge on any atom is 0.135 e. The highest BCUT2D eigenvalue weighted by Gasteiger charge is 2.40. The molecule has 0 saturated carbocycles. The van der Waals surface area contributed by atoms with Crippen LogP contribution in [-0.2, 0) is 0 Å². The lowest BCUT2D eigenvalue weighted by Crippen LogP contribution is -2.48. The van der Waals surface area contributed by atoms with Gasteiger partial charge in [0.2, 0.25) is 0 Å². The summed E-state index contributed by atoms with van der Waals surface area (Å²) in [7, 11) is 0. The van der Waals surface area contributed by atoms with Crippen molar-refractivity contribution in [2.24, 2.45) is 5.10 Å². The third-order valence-corrected chi connectivity index (χ3v) is 4.55. The van der Waals surface area contributed by atoms with E-state index >= 15 is 0 Å². The molecule has 2 rings (SSSR count). The average molecular weight is 312 g/mol. The van der Waals surface area contributed by atoms with Crippen LogP contribution < -0.4 is 0 Å². The summed E-state index contributed by atoms with van der Waals surface area (Å²) in [6.45, 7) is 8.86. The van der Waals surface area contributed by atoms with Gasteiger partial charge in [0.15, 0.2) is 0 Å². The molecule has 2 unspecified atom stereocenters. The van der Waals surface area contributed by atoms with Gasteiger partial charge in [0, 0.05) is 11.1 Å². The quantitative estimate of drug-likeness (QED) is 0.816. The molecule has 0 aliphatic carbocycles. The zero-order chi connectivity index (χ0) is 17.0. The van der Waals surface area contributed by atoms with E-state index in [1.54, 1.807) is 0 Å². The first-order valence-corrected chi connectivity index (χ1v) is 8.34. The Hall–Kier alpha value is -1.96. The molecule has 1 aromatic rings. The van der Waals surface area contributed by atoms with Crippen molar-refractivity contribution in [2.75, 3.05) is 6.54 Å². The standard InChI is InChI=1S/C19H26N3O/c1-5-14(3)22(12-15(4)23)13-17(6-2)19(21-22)18-9-7-16(11-20)8-10-18/h7-10,13-15,23H,5-6,12H2,1-4H3/q+1/t14?,15-,22?/m1/s1. The molecule has 122 valence electrons. The van der Waals surface area contributed by atoms with E-state index in [1.165, 1.54) is 5.57 Å². The topological polar surface area (TPSA) is 56.4 Å². The van der Waals surface area contributed by atoms with Crippen molar-refractivity contribution < 1.29 is 9.70 Å². The number of hydrogen-bond acceptors (Lipinski definition) is 3. The van der Waals surface area contributed by atoms with Crippen LogP contribution in [0.5, 0.6) is 0 Å². The van der Waals surface area contributed by atoms with E-state index in [0.29, 0.717) is 22.7 Å². The van der Waals surface area contributed by atoms with Gasteiger partial charge in [0.05, 0.1) is 11.6 Å². The molecule has 0 fully saturated rings. The van der Waals surface area contributed by atoms with Gasteiger partial charge in [-0.05, 0) is 38.8 Å². The van der Waals surface area contributed by atoms with Crippen LogP contribution in [0.2, 0.25) is 0 Å². The maximum absolute atomic E-state index is 9.96. The molecule has 3 atom stereocenters. The van der Waals surface area contributed by atoms with E-state index < -0.39 is 6.10 Å². The first kappa shape index (κ1) is 17.4. The minimum absolute atomic E-state index is 0.307. The van der Waals surface area contributed by atoms with Gasteiger partial charge >= 0.3 is 0 Å². The lowest BCUT2D eigenvalue weighted by atomic mass is 10.0. The van der Waals surface area contributed by atoms with E-state index in [-0.39, 0.29) is 0 Å². The maximum atomic E-state index is 9.96. The molecule has 1 aliphatic heterocycles. The van der Waals surface area contributed by atoms with Gasteiger partial charge in [-0.15, -0.1) is 0 Å². The summed E-state index contributed by atoms with van der Waals surface area (Å²) in [5.41, 5.74) is 3.88. The number of quaternary nitrogens is 1. The minimum Gasteiger partial charge on any atom is -0.387 e. The van der Waals surface area contributed by atoms with Crippen LogP contribution >= 0.6 is 0 Å². The predicted molar refractivity (Wildman–Crippen MR) is 92.6 cm³/mol. The Kier molecular flexibility index (Phi) is 5.35. The van der Waals surface area contributed by atoms with Gasteiger partial charge < -0.3 is 5.11 Å². The SMILES string of the molecule is CCC1=C[N+](C[C@@H](C)O)(C(C)CC)N=C1c1ccc(C#N)cc1. The highest BCUT2D eigenvalue weighted by atomic mass is 16.3. The van der Waals surface area contributed by atoms with Crippen LogP contribution in [0.1, 0.15) is 51.7 Å². The monoisotopic (exact) mass is 312 g/mol. The fourth-order valence-corrected chi connectivity index (χ4v) is 3.05. The molecule has 4 heteroatoms. The van der Waals surface area contributed by atoms with Gasteiger partial charge in [0.25, 0.3) is 0 Å². The third kappa shape index (κ3) is 3.52. The Labute approximate surface area is 139 Å². The summed E-state index contributed by atoms with van der Waals surface area (Å²) in [5.74, 6) is 0. The summed E-state index contributed by atoms with van der Waals surface area (Å²) in [6.07, 6.45) is 3.68. The molecular weight excluding hydrogens is 286 g/mol. The van der Waals surface area contributed by atoms with E-state index in [0.717, 1.165) is 24.1 Å². The molecule has 1 aromatic carbocycles. The number of allylic oxidation sites excluding steroid dienone is 1. The molecular formula is C19H26N3O+. The lowest BCUT2D eigenvalue weighted by Gasteiger charge is -2.32. The highest BCUT2D eigenvalue weighted by molar-refractivity contribution is 6.12. The van der Waals surface area contributed by atoms with E-state index in [2.05, 4.69) is 33.0 Å². The summed E-state index contributed by atoms with van der Waals surface area (Å²) in [6, 6.07) is 10.0. The van der Waals surface area contributed by atoms with Crippen LogP contribution in [0.25, 0.3) is 0 Å². The molecule has 0 saturated heterocycles. The third-order valence-electron chi connectivity index (χ3n) is 4.55. The molecule has 1 heterocycles. The van der Waals surface area contributed by atoms with Crippen molar-refractivity contribution in [2.45, 2.75) is 52.7 Å². The van der Waals surface area contributed by atoms with Crippen LogP contribution in [0.15, 0.2) is 41.1 Å². The van der Waals surface area contributed by atoms with Crippen molar-refractivity contribution in [3.05, 3.63) is 47.2 Å². The molecule has 1 N–H and O–H groups in total. The number of nitrogens with zero attached hydrogens (tertiary/aromatic N) is 3. The van der Waals surface area contributed by atoms with Crippen molar-refractivity contribution in [1.29, 1.82) is 5.26 Å². The van der Waals surface area contributed by atoms with Gasteiger partial charge in [-0.2, -0.15) is 9.85 Å². The second-order valence-corrected chi connectivity index (χ2v) is 6.32. The van der Waals surface area contributed by atoms with Crippen molar-refractivity contribution in [3.8, 4) is 6.07 Å². The molecule has 0 aromatic heterocycles. The normalized spacial score (nSPS) is 23.0. The number of nitriles is 1. The zero-order valence-corrected chi connectivity index (χ0v) is 14.5. The average Bonchev–Trinajstić information content (AvgIpc) is 2.93. The molecule has 0 amide bonds. The Morgan fingerprint density at radius 2 is 1.87 bits per heavy atom. The van der Waals surface area contributed by atoms with Crippen molar-refractivity contribution in [1.82, 2.24) is 0 Å². The highest BCUT2D eigenvalue weighted by Crippen LogP contribution is 2.31. The fourth-order valence-electron chi connectivity index (χ4n) is 3.05. The number of hydrogen-bond donors (Lipinski definition) is 1. The van der Waals surface area contributed by atoms with E-state index in [4.69, 9.17) is 10.4 Å². The predicted octanol–water partition coefficient (Wildman–Crippen LogP) is 3.57. The Bertz CT molecular complexity index is 652. The second kappa shape index (κ2) is 7.08. The molecule has 23 heavy (non-hydrogen) atoms. The van der Waals surface area contributed by atoms with Crippen LogP contribution in [-0.4, -0.2) is 34.1 Å². The van der Waals surface area contributed by atoms with Crippen molar-refractivity contribution >= 4 is 5.71 Å². The molecule has 0 spiro atoms. The van der Waals surface area contributed by atoms with Crippen LogP contribution in [0.3, 0.4) is 0 Å². The summed E-state index contributed by atoms with van der Waals surface area (Å²) < 4.78 is 0.451. The molecule has 0 radical (unpaired) electrons. The minimum atomic E-state index is -0.414. The number of rotatable bonds is 6. The van der Waals surface area contributed by atoms with Gasteiger partial charge in [-0.25, -0.2) is 0 Å². The summed E-state index contributed by atoms with van der Waals surface area (Å²) in [4.78, 5) is 0.